The molecule has 0 saturated heterocycles. The molecule has 0 N–H and O–H groups in total. The monoisotopic (exact) mass is 349 g/mol. The Morgan fingerprint density at radius 3 is 2.17 bits per heavy atom. The molecule has 2 aromatic carbocycles. The fraction of sp³-hybridized carbons (Fsp3) is 0.278. The van der Waals surface area contributed by atoms with Crippen molar-refractivity contribution in [3.63, 3.8) is 0 Å². The Balaban J connectivity index is 2.53. The Hall–Kier alpha value is -2.21. The molecular formula is C18H20FNO3S. The van der Waals surface area contributed by atoms with E-state index in [0.717, 1.165) is 30.0 Å². The zero-order valence-electron chi connectivity index (χ0n) is 14.1. The Bertz CT molecular complexity index is 858. The molecule has 0 heterocycles. The van der Waals surface area contributed by atoms with Crippen LogP contribution in [0.4, 0.5) is 10.1 Å². The number of amides is 1. The number of sulfone groups is 1. The number of benzene rings is 2. The van der Waals surface area contributed by atoms with Crippen molar-refractivity contribution in [1.82, 2.24) is 0 Å². The highest BCUT2D eigenvalue weighted by atomic mass is 32.2. The van der Waals surface area contributed by atoms with Gasteiger partial charge in [0, 0.05) is 18.0 Å². The summed E-state index contributed by atoms with van der Waals surface area (Å²) in [5, 5.41) is 0. The lowest BCUT2D eigenvalue weighted by atomic mass is 10.1. The van der Waals surface area contributed by atoms with E-state index in [9.17, 15) is 17.6 Å². The van der Waals surface area contributed by atoms with E-state index in [1.54, 1.807) is 12.1 Å². The minimum Gasteiger partial charge on any atom is -0.306 e. The zero-order valence-corrected chi connectivity index (χ0v) is 14.9. The summed E-state index contributed by atoms with van der Waals surface area (Å²) in [6.07, 6.45) is 1.02. The van der Waals surface area contributed by atoms with Crippen LogP contribution in [0.15, 0.2) is 47.4 Å². The summed E-state index contributed by atoms with van der Waals surface area (Å²) in [5.41, 5.74) is 1.41. The van der Waals surface area contributed by atoms with E-state index in [0.29, 0.717) is 5.69 Å². The van der Waals surface area contributed by atoms with Gasteiger partial charge in [0.2, 0.25) is 0 Å². The van der Waals surface area contributed by atoms with Gasteiger partial charge in [-0.25, -0.2) is 12.8 Å². The molecule has 0 spiro atoms. The van der Waals surface area contributed by atoms with E-state index >= 15 is 0 Å². The van der Waals surface area contributed by atoms with Gasteiger partial charge in [-0.3, -0.25) is 4.79 Å². The summed E-state index contributed by atoms with van der Waals surface area (Å²) in [4.78, 5) is 14.2. The van der Waals surface area contributed by atoms with Gasteiger partial charge in [0.05, 0.1) is 10.5 Å². The van der Waals surface area contributed by atoms with Gasteiger partial charge in [0.15, 0.2) is 9.84 Å². The van der Waals surface area contributed by atoms with E-state index in [4.69, 9.17) is 0 Å². The average molecular weight is 349 g/mol. The standard InChI is InChI=1S/C18H20FNO3S/c1-12(2)20(14-7-5-13(3)6-8-14)18(21)16-11-15(24(4,22)23)9-10-17(16)19/h5-12H,1-4H3. The molecule has 1 amide bonds. The second kappa shape index (κ2) is 6.73. The predicted molar refractivity (Wildman–Crippen MR) is 92.6 cm³/mol. The van der Waals surface area contributed by atoms with Crippen LogP contribution in [0.25, 0.3) is 0 Å². The highest BCUT2D eigenvalue weighted by Crippen LogP contribution is 2.23. The third kappa shape index (κ3) is 3.82. The molecule has 2 rings (SSSR count). The van der Waals surface area contributed by atoms with Crippen LogP contribution in [0.3, 0.4) is 0 Å². The Labute approximate surface area is 141 Å². The normalized spacial score (nSPS) is 11.6. The number of halogens is 1. The molecule has 0 aliphatic rings. The van der Waals surface area contributed by atoms with Gasteiger partial charge in [-0.2, -0.15) is 0 Å². The first-order valence-electron chi connectivity index (χ1n) is 7.51. The third-order valence-corrected chi connectivity index (χ3v) is 4.75. The van der Waals surface area contributed by atoms with Crippen LogP contribution in [0.1, 0.15) is 29.8 Å². The largest absolute Gasteiger partial charge is 0.306 e. The maximum atomic E-state index is 14.2. The van der Waals surface area contributed by atoms with E-state index in [1.165, 1.54) is 4.90 Å². The number of carbonyl (C=O) groups is 1. The average Bonchev–Trinajstić information content (AvgIpc) is 2.48. The number of rotatable bonds is 4. The van der Waals surface area contributed by atoms with E-state index in [1.807, 2.05) is 32.9 Å². The summed E-state index contributed by atoms with van der Waals surface area (Å²) >= 11 is 0. The minimum atomic E-state index is -3.53. The van der Waals surface area contributed by atoms with E-state index in [2.05, 4.69) is 0 Å². The Morgan fingerprint density at radius 2 is 1.67 bits per heavy atom. The summed E-state index contributed by atoms with van der Waals surface area (Å²) < 4.78 is 37.5. The number of aryl methyl sites for hydroxylation is 1. The first-order valence-corrected chi connectivity index (χ1v) is 9.40. The van der Waals surface area contributed by atoms with Crippen LogP contribution in [0.2, 0.25) is 0 Å². The molecule has 0 saturated carbocycles. The number of hydrogen-bond acceptors (Lipinski definition) is 3. The molecule has 128 valence electrons. The summed E-state index contributed by atoms with van der Waals surface area (Å²) in [6.45, 7) is 5.56. The second-order valence-corrected chi connectivity index (χ2v) is 8.03. The highest BCUT2D eigenvalue weighted by Gasteiger charge is 2.24. The smallest absolute Gasteiger partial charge is 0.261 e. The minimum absolute atomic E-state index is 0.0835. The van der Waals surface area contributed by atoms with Gasteiger partial charge >= 0.3 is 0 Å². The van der Waals surface area contributed by atoms with Crippen molar-refractivity contribution in [2.75, 3.05) is 11.2 Å². The van der Waals surface area contributed by atoms with Gasteiger partial charge in [0.1, 0.15) is 5.82 Å². The fourth-order valence-corrected chi connectivity index (χ4v) is 3.03. The van der Waals surface area contributed by atoms with Crippen molar-refractivity contribution in [2.24, 2.45) is 0 Å². The molecule has 6 heteroatoms. The predicted octanol–water partition coefficient (Wildman–Crippen LogP) is 3.59. The topological polar surface area (TPSA) is 54.5 Å². The zero-order chi connectivity index (χ0) is 18.1. The Kier molecular flexibility index (Phi) is 5.08. The first-order chi connectivity index (χ1) is 11.1. The Morgan fingerprint density at radius 1 is 1.08 bits per heavy atom. The molecule has 24 heavy (non-hydrogen) atoms. The van der Waals surface area contributed by atoms with Crippen molar-refractivity contribution in [1.29, 1.82) is 0 Å². The molecule has 0 radical (unpaired) electrons. The van der Waals surface area contributed by atoms with Gasteiger partial charge in [-0.15, -0.1) is 0 Å². The number of nitrogens with zero attached hydrogens (tertiary/aromatic N) is 1. The van der Waals surface area contributed by atoms with Crippen LogP contribution in [-0.2, 0) is 9.84 Å². The summed E-state index contributed by atoms with van der Waals surface area (Å²) in [7, 11) is -3.53. The lowest BCUT2D eigenvalue weighted by Crippen LogP contribution is -2.37. The highest BCUT2D eigenvalue weighted by molar-refractivity contribution is 7.90. The van der Waals surface area contributed by atoms with Gasteiger partial charge in [0.25, 0.3) is 5.91 Å². The molecule has 2 aromatic rings. The molecule has 0 unspecified atom stereocenters. The second-order valence-electron chi connectivity index (χ2n) is 6.02. The molecule has 0 aliphatic heterocycles. The maximum absolute atomic E-state index is 14.2. The fourth-order valence-electron chi connectivity index (χ4n) is 2.38. The van der Waals surface area contributed by atoms with Crippen LogP contribution < -0.4 is 4.90 Å². The number of anilines is 1. The van der Waals surface area contributed by atoms with Crippen molar-refractivity contribution in [2.45, 2.75) is 31.7 Å². The molecule has 4 nitrogen and oxygen atoms in total. The van der Waals surface area contributed by atoms with Crippen molar-refractivity contribution < 1.29 is 17.6 Å². The van der Waals surface area contributed by atoms with Crippen LogP contribution in [-0.4, -0.2) is 26.6 Å². The molecule has 0 bridgehead atoms. The molecular weight excluding hydrogens is 329 g/mol. The molecule has 0 aliphatic carbocycles. The third-order valence-electron chi connectivity index (χ3n) is 3.64. The molecule has 0 atom stereocenters. The number of hydrogen-bond donors (Lipinski definition) is 0. The van der Waals surface area contributed by atoms with Crippen LogP contribution in [0.5, 0.6) is 0 Å². The quantitative estimate of drug-likeness (QED) is 0.793. The molecule has 0 aromatic heterocycles. The van der Waals surface area contributed by atoms with Crippen molar-refractivity contribution >= 4 is 21.4 Å². The van der Waals surface area contributed by atoms with E-state index in [-0.39, 0.29) is 16.5 Å². The SMILES string of the molecule is Cc1ccc(N(C(=O)c2cc(S(C)(=O)=O)ccc2F)C(C)C)cc1. The van der Waals surface area contributed by atoms with Gasteiger partial charge in [-0.1, -0.05) is 17.7 Å². The van der Waals surface area contributed by atoms with Crippen LogP contribution >= 0.6 is 0 Å². The van der Waals surface area contributed by atoms with Gasteiger partial charge < -0.3 is 4.90 Å². The maximum Gasteiger partial charge on any atom is 0.261 e. The van der Waals surface area contributed by atoms with Crippen LogP contribution in [0, 0.1) is 12.7 Å². The lowest BCUT2D eigenvalue weighted by molar-refractivity contribution is 0.0976. The molecule has 0 fully saturated rings. The summed E-state index contributed by atoms with van der Waals surface area (Å²) in [6, 6.07) is 10.3. The first kappa shape index (κ1) is 18.1. The van der Waals surface area contributed by atoms with Crippen molar-refractivity contribution in [3.8, 4) is 0 Å². The summed E-state index contributed by atoms with van der Waals surface area (Å²) in [5.74, 6) is -1.32. The number of carbonyl (C=O) groups excluding carboxylic acids is 1. The van der Waals surface area contributed by atoms with Gasteiger partial charge in [-0.05, 0) is 51.1 Å². The lowest BCUT2D eigenvalue weighted by Gasteiger charge is -2.27. The van der Waals surface area contributed by atoms with E-state index < -0.39 is 21.6 Å². The van der Waals surface area contributed by atoms with Crippen molar-refractivity contribution in [3.05, 3.63) is 59.4 Å².